The van der Waals surface area contributed by atoms with Crippen molar-refractivity contribution in [3.05, 3.63) is 18.0 Å². The molecule has 0 radical (unpaired) electrons. The van der Waals surface area contributed by atoms with Crippen LogP contribution in [0.1, 0.15) is 10.4 Å². The molecular formula is C8H10N2O3. The molecule has 1 fully saturated rings. The van der Waals surface area contributed by atoms with Crippen molar-refractivity contribution in [1.82, 2.24) is 10.1 Å². The first-order valence-corrected chi connectivity index (χ1v) is 4.14. The van der Waals surface area contributed by atoms with Crippen LogP contribution in [0.25, 0.3) is 0 Å². The minimum absolute atomic E-state index is 0.0375. The summed E-state index contributed by atoms with van der Waals surface area (Å²) in [6.07, 6.45) is 2.79. The Balaban J connectivity index is 2.04. The summed E-state index contributed by atoms with van der Waals surface area (Å²) in [6, 6.07) is 0. The molecular weight excluding hydrogens is 172 g/mol. The molecule has 0 aliphatic carbocycles. The van der Waals surface area contributed by atoms with E-state index in [4.69, 9.17) is 4.74 Å². The van der Waals surface area contributed by atoms with Crippen LogP contribution in [-0.4, -0.2) is 42.3 Å². The molecule has 0 bridgehead atoms. The first kappa shape index (κ1) is 8.25. The largest absolute Gasteiger partial charge is 0.378 e. The Morgan fingerprint density at radius 2 is 2.23 bits per heavy atom. The number of amides is 1. The Morgan fingerprint density at radius 3 is 2.85 bits per heavy atom. The average Bonchev–Trinajstić information content (AvgIpc) is 2.71. The monoisotopic (exact) mass is 182 g/mol. The number of rotatable bonds is 1. The topological polar surface area (TPSA) is 55.6 Å². The smallest absolute Gasteiger partial charge is 0.258 e. The van der Waals surface area contributed by atoms with Crippen molar-refractivity contribution in [3.63, 3.8) is 0 Å². The first-order valence-electron chi connectivity index (χ1n) is 4.14. The minimum atomic E-state index is -0.0375. The normalized spacial score (nSPS) is 17.4. The molecule has 0 aromatic carbocycles. The quantitative estimate of drug-likeness (QED) is 0.620. The van der Waals surface area contributed by atoms with Gasteiger partial charge >= 0.3 is 0 Å². The van der Waals surface area contributed by atoms with Crippen LogP contribution in [0.3, 0.4) is 0 Å². The van der Waals surface area contributed by atoms with Gasteiger partial charge in [0.15, 0.2) is 0 Å². The fraction of sp³-hybridized carbons (Fsp3) is 0.500. The molecule has 0 saturated carbocycles. The van der Waals surface area contributed by atoms with Crippen molar-refractivity contribution in [3.8, 4) is 0 Å². The molecule has 2 rings (SSSR count). The summed E-state index contributed by atoms with van der Waals surface area (Å²) < 4.78 is 9.73. The van der Waals surface area contributed by atoms with Crippen LogP contribution >= 0.6 is 0 Å². The number of carbonyl (C=O) groups is 1. The van der Waals surface area contributed by atoms with Crippen LogP contribution in [0.2, 0.25) is 0 Å². The van der Waals surface area contributed by atoms with Crippen LogP contribution in [0.5, 0.6) is 0 Å². The van der Waals surface area contributed by atoms with Gasteiger partial charge in [0, 0.05) is 13.1 Å². The number of carbonyl (C=O) groups excluding carboxylic acids is 1. The van der Waals surface area contributed by atoms with Gasteiger partial charge in [0.05, 0.1) is 25.0 Å². The third-order valence-electron chi connectivity index (χ3n) is 1.98. The molecule has 70 valence electrons. The second kappa shape index (κ2) is 3.57. The van der Waals surface area contributed by atoms with Crippen LogP contribution in [0, 0.1) is 0 Å². The van der Waals surface area contributed by atoms with Crippen LogP contribution in [-0.2, 0) is 4.74 Å². The van der Waals surface area contributed by atoms with Crippen LogP contribution in [0.4, 0.5) is 0 Å². The van der Waals surface area contributed by atoms with Crippen molar-refractivity contribution >= 4 is 5.91 Å². The number of ether oxygens (including phenoxy) is 1. The van der Waals surface area contributed by atoms with Gasteiger partial charge in [-0.3, -0.25) is 4.79 Å². The SMILES string of the molecule is O=C(c1cnoc1)N1CCOCC1. The Morgan fingerprint density at radius 1 is 1.46 bits per heavy atom. The van der Waals surface area contributed by atoms with Crippen molar-refractivity contribution in [1.29, 1.82) is 0 Å². The highest BCUT2D eigenvalue weighted by Gasteiger charge is 2.19. The molecule has 5 heteroatoms. The molecule has 1 amide bonds. The highest BCUT2D eigenvalue weighted by Crippen LogP contribution is 2.05. The first-order chi connectivity index (χ1) is 6.38. The van der Waals surface area contributed by atoms with E-state index < -0.39 is 0 Å². The van der Waals surface area contributed by atoms with Gasteiger partial charge in [0.2, 0.25) is 0 Å². The van der Waals surface area contributed by atoms with E-state index in [-0.39, 0.29) is 5.91 Å². The fourth-order valence-corrected chi connectivity index (χ4v) is 1.26. The summed E-state index contributed by atoms with van der Waals surface area (Å²) >= 11 is 0. The van der Waals surface area contributed by atoms with Gasteiger partial charge < -0.3 is 14.2 Å². The summed E-state index contributed by atoms with van der Waals surface area (Å²) in [6.45, 7) is 2.50. The Labute approximate surface area is 75.3 Å². The standard InChI is InChI=1S/C8H10N2O3/c11-8(7-5-9-13-6-7)10-1-3-12-4-2-10/h5-6H,1-4H2. The highest BCUT2D eigenvalue weighted by molar-refractivity contribution is 5.93. The van der Waals surface area contributed by atoms with E-state index in [9.17, 15) is 4.79 Å². The molecule has 0 unspecified atom stereocenters. The Bertz CT molecular complexity index is 278. The Kier molecular flexibility index (Phi) is 2.27. The molecule has 1 aliphatic heterocycles. The summed E-state index contributed by atoms with van der Waals surface area (Å²) in [5.74, 6) is -0.0375. The van der Waals surface area contributed by atoms with Crippen molar-refractivity contribution < 1.29 is 14.1 Å². The van der Waals surface area contributed by atoms with Crippen LogP contribution < -0.4 is 0 Å². The van der Waals surface area contributed by atoms with E-state index in [2.05, 4.69) is 9.68 Å². The molecule has 1 aromatic heterocycles. The second-order valence-electron chi connectivity index (χ2n) is 2.82. The van der Waals surface area contributed by atoms with Crippen molar-refractivity contribution in [2.24, 2.45) is 0 Å². The van der Waals surface area contributed by atoms with Crippen LogP contribution in [0.15, 0.2) is 17.0 Å². The summed E-state index contributed by atoms with van der Waals surface area (Å²) in [5, 5.41) is 3.48. The summed E-state index contributed by atoms with van der Waals surface area (Å²) in [4.78, 5) is 13.4. The van der Waals surface area contributed by atoms with Crippen molar-refractivity contribution in [2.75, 3.05) is 26.3 Å². The second-order valence-corrected chi connectivity index (χ2v) is 2.82. The zero-order chi connectivity index (χ0) is 9.10. The zero-order valence-corrected chi connectivity index (χ0v) is 7.10. The van der Waals surface area contributed by atoms with E-state index in [0.717, 1.165) is 0 Å². The molecule has 1 saturated heterocycles. The third kappa shape index (κ3) is 1.70. The summed E-state index contributed by atoms with van der Waals surface area (Å²) in [5.41, 5.74) is 0.502. The lowest BCUT2D eigenvalue weighted by molar-refractivity contribution is 0.0302. The molecule has 1 aromatic rings. The molecule has 1 aliphatic rings. The van der Waals surface area contributed by atoms with Gasteiger partial charge in [-0.15, -0.1) is 0 Å². The molecule has 0 atom stereocenters. The maximum atomic E-state index is 11.6. The molecule has 13 heavy (non-hydrogen) atoms. The number of morpholine rings is 1. The molecule has 5 nitrogen and oxygen atoms in total. The third-order valence-corrected chi connectivity index (χ3v) is 1.98. The van der Waals surface area contributed by atoms with Gasteiger partial charge in [0.1, 0.15) is 6.26 Å². The number of aromatic nitrogens is 1. The van der Waals surface area contributed by atoms with Gasteiger partial charge in [-0.05, 0) is 0 Å². The lowest BCUT2D eigenvalue weighted by atomic mass is 10.3. The van der Waals surface area contributed by atoms with Gasteiger partial charge in [-0.25, -0.2) is 0 Å². The zero-order valence-electron chi connectivity index (χ0n) is 7.10. The van der Waals surface area contributed by atoms with Gasteiger partial charge in [-0.2, -0.15) is 0 Å². The average molecular weight is 182 g/mol. The van der Waals surface area contributed by atoms with E-state index >= 15 is 0 Å². The maximum Gasteiger partial charge on any atom is 0.258 e. The van der Waals surface area contributed by atoms with E-state index in [1.165, 1.54) is 12.5 Å². The van der Waals surface area contributed by atoms with Gasteiger partial charge in [-0.1, -0.05) is 5.16 Å². The molecule has 0 N–H and O–H groups in total. The van der Waals surface area contributed by atoms with E-state index in [1.807, 2.05) is 0 Å². The number of hydrogen-bond acceptors (Lipinski definition) is 4. The maximum absolute atomic E-state index is 11.6. The fourth-order valence-electron chi connectivity index (χ4n) is 1.26. The van der Waals surface area contributed by atoms with E-state index in [0.29, 0.717) is 31.9 Å². The lowest BCUT2D eigenvalue weighted by Gasteiger charge is -2.26. The Hall–Kier alpha value is -1.36. The predicted molar refractivity (Wildman–Crippen MR) is 43.2 cm³/mol. The summed E-state index contributed by atoms with van der Waals surface area (Å²) in [7, 11) is 0. The molecule has 2 heterocycles. The minimum Gasteiger partial charge on any atom is -0.378 e. The number of hydrogen-bond donors (Lipinski definition) is 0. The van der Waals surface area contributed by atoms with Gasteiger partial charge in [0.25, 0.3) is 5.91 Å². The lowest BCUT2D eigenvalue weighted by Crippen LogP contribution is -2.40. The molecule has 0 spiro atoms. The van der Waals surface area contributed by atoms with Crippen molar-refractivity contribution in [2.45, 2.75) is 0 Å². The predicted octanol–water partition coefficient (Wildman–Crippen LogP) is 0.147. The highest BCUT2D eigenvalue weighted by atomic mass is 16.5. The van der Waals surface area contributed by atoms with E-state index in [1.54, 1.807) is 4.90 Å². The number of nitrogens with zero attached hydrogens (tertiary/aromatic N) is 2.